The molecule has 0 amide bonds. The number of nitrogens with zero attached hydrogens (tertiary/aromatic N) is 2. The summed E-state index contributed by atoms with van der Waals surface area (Å²) in [6, 6.07) is 0. The quantitative estimate of drug-likeness (QED) is 0.613. The second kappa shape index (κ2) is 5.46. The molecule has 8 saturated carbocycles. The van der Waals surface area contributed by atoms with Crippen LogP contribution in [0.4, 0.5) is 0 Å². The Labute approximate surface area is 171 Å². The van der Waals surface area contributed by atoms with Crippen LogP contribution in [0.25, 0.3) is 0 Å². The molecule has 2 nitrogen and oxygen atoms in total. The van der Waals surface area contributed by atoms with Crippen molar-refractivity contribution in [3.8, 4) is 0 Å². The van der Waals surface area contributed by atoms with Crippen LogP contribution in [0, 0.1) is 47.3 Å². The van der Waals surface area contributed by atoms with Crippen LogP contribution < -0.4 is 4.57 Å². The lowest BCUT2D eigenvalue weighted by Gasteiger charge is -2.59. The van der Waals surface area contributed by atoms with E-state index < -0.39 is 0 Å². The van der Waals surface area contributed by atoms with E-state index in [0.717, 1.165) is 47.3 Å². The molecule has 1 heterocycles. The minimum atomic E-state index is 0.468. The maximum absolute atomic E-state index is 2.76. The van der Waals surface area contributed by atoms with Gasteiger partial charge in [0.1, 0.15) is 23.5 Å². The maximum atomic E-state index is 2.76. The van der Waals surface area contributed by atoms with Crippen molar-refractivity contribution >= 4 is 0 Å². The molecule has 0 saturated heterocycles. The van der Waals surface area contributed by atoms with Gasteiger partial charge in [0, 0.05) is 0 Å². The number of rotatable bonds is 3. The first kappa shape index (κ1) is 16.9. The summed E-state index contributed by atoms with van der Waals surface area (Å²) in [5.41, 5.74) is 0.957. The fourth-order valence-corrected chi connectivity index (χ4v) is 10.7. The van der Waals surface area contributed by atoms with Gasteiger partial charge >= 0.3 is 0 Å². The third kappa shape index (κ3) is 2.19. The van der Waals surface area contributed by atoms with Crippen molar-refractivity contribution in [2.24, 2.45) is 47.3 Å². The minimum Gasteiger partial charge on any atom is -0.231 e. The number of aromatic nitrogens is 2. The molecule has 1 aromatic rings. The first-order chi connectivity index (χ1) is 13.5. The molecular weight excluding hydrogens is 340 g/mol. The molecule has 2 heteroatoms. The van der Waals surface area contributed by atoms with Crippen molar-refractivity contribution < 1.29 is 4.57 Å². The molecule has 0 aromatic carbocycles. The Morgan fingerprint density at radius 1 is 0.786 bits per heavy atom. The lowest BCUT2D eigenvalue weighted by molar-refractivity contribution is -0.777. The Bertz CT molecular complexity index is 737. The number of hydrogen-bond donors (Lipinski definition) is 0. The smallest absolute Gasteiger partial charge is 0.231 e. The van der Waals surface area contributed by atoms with Gasteiger partial charge < -0.3 is 0 Å². The topological polar surface area (TPSA) is 8.81 Å². The first-order valence-corrected chi connectivity index (χ1v) is 12.6. The number of imidazole rings is 1. The van der Waals surface area contributed by atoms with Gasteiger partial charge in [-0.25, -0.2) is 9.13 Å². The minimum absolute atomic E-state index is 0.468. The average molecular weight is 380 g/mol. The van der Waals surface area contributed by atoms with Gasteiger partial charge in [0.25, 0.3) is 0 Å². The third-order valence-electron chi connectivity index (χ3n) is 10.8. The van der Waals surface area contributed by atoms with Crippen molar-refractivity contribution in [1.29, 1.82) is 0 Å². The summed E-state index contributed by atoms with van der Waals surface area (Å²) in [5, 5.41) is 0. The molecule has 0 spiro atoms. The van der Waals surface area contributed by atoms with E-state index in [9.17, 15) is 0 Å². The van der Waals surface area contributed by atoms with E-state index in [-0.39, 0.29) is 0 Å². The van der Waals surface area contributed by atoms with E-state index in [0.29, 0.717) is 11.1 Å². The molecule has 2 atom stereocenters. The van der Waals surface area contributed by atoms with Gasteiger partial charge in [-0.3, -0.25) is 0 Å². The van der Waals surface area contributed by atoms with Crippen LogP contribution in [0.3, 0.4) is 0 Å². The summed E-state index contributed by atoms with van der Waals surface area (Å²) in [5.74, 6) is 8.02. The second-order valence-corrected chi connectivity index (χ2v) is 12.9. The normalized spacial score (nSPS) is 53.5. The lowest BCUT2D eigenvalue weighted by atomic mass is 9.47. The first-order valence-electron chi connectivity index (χ1n) is 12.6. The summed E-state index contributed by atoms with van der Waals surface area (Å²) in [7, 11) is 0. The number of hydrogen-bond acceptors (Lipinski definition) is 0. The van der Waals surface area contributed by atoms with Gasteiger partial charge in [-0.1, -0.05) is 13.8 Å². The van der Waals surface area contributed by atoms with E-state index in [2.05, 4.69) is 41.7 Å². The van der Waals surface area contributed by atoms with E-state index in [4.69, 9.17) is 0 Å². The molecular formula is C26H39N2+. The molecule has 8 aliphatic rings. The molecule has 8 bridgehead atoms. The fraction of sp³-hybridized carbons (Fsp3) is 0.885. The predicted octanol–water partition coefficient (Wildman–Crippen LogP) is 5.51. The highest BCUT2D eigenvalue weighted by molar-refractivity contribution is 5.07. The van der Waals surface area contributed by atoms with E-state index in [1.54, 1.807) is 19.3 Å². The molecule has 0 N–H and O–H groups in total. The van der Waals surface area contributed by atoms with Crippen LogP contribution in [0.1, 0.15) is 84.5 Å². The monoisotopic (exact) mass is 379 g/mol. The van der Waals surface area contributed by atoms with Crippen LogP contribution in [0.5, 0.6) is 0 Å². The molecule has 8 fully saturated rings. The highest BCUT2D eigenvalue weighted by atomic mass is 15.2. The maximum Gasteiger partial charge on any atom is 0.244 e. The molecule has 28 heavy (non-hydrogen) atoms. The molecule has 8 aliphatic carbocycles. The molecule has 0 aliphatic heterocycles. The Balaban J connectivity index is 1.22. The summed E-state index contributed by atoms with van der Waals surface area (Å²) in [6.45, 7) is 4.99. The van der Waals surface area contributed by atoms with E-state index >= 15 is 0 Å². The predicted molar refractivity (Wildman–Crippen MR) is 111 cm³/mol. The van der Waals surface area contributed by atoms with E-state index in [1.807, 2.05) is 0 Å². The SMILES string of the molecule is CC(C)C1C2CC3CC1CC([n+]1ccn(C45CC6CC(CC(C6)C4)C5)c1)(C3)C2. The van der Waals surface area contributed by atoms with Gasteiger partial charge in [0.05, 0.1) is 0 Å². The van der Waals surface area contributed by atoms with Crippen molar-refractivity contribution in [2.45, 2.75) is 95.6 Å². The summed E-state index contributed by atoms with van der Waals surface area (Å²) >= 11 is 0. The van der Waals surface area contributed by atoms with Gasteiger partial charge in [0.2, 0.25) is 6.33 Å². The van der Waals surface area contributed by atoms with Crippen molar-refractivity contribution in [1.82, 2.24) is 4.57 Å². The van der Waals surface area contributed by atoms with Gasteiger partial charge in [0.15, 0.2) is 0 Å². The molecule has 0 radical (unpaired) electrons. The Kier molecular flexibility index (Phi) is 3.31. The van der Waals surface area contributed by atoms with Crippen LogP contribution in [-0.2, 0) is 11.1 Å². The molecule has 1 aromatic heterocycles. The Hall–Kier alpha value is -0.790. The van der Waals surface area contributed by atoms with Crippen molar-refractivity contribution in [3.63, 3.8) is 0 Å². The molecule has 152 valence electrons. The highest BCUT2D eigenvalue weighted by Gasteiger charge is 2.60. The van der Waals surface area contributed by atoms with Crippen molar-refractivity contribution in [2.75, 3.05) is 0 Å². The summed E-state index contributed by atoms with van der Waals surface area (Å²) in [4.78, 5) is 0. The zero-order chi connectivity index (χ0) is 18.7. The van der Waals surface area contributed by atoms with Gasteiger partial charge in [-0.15, -0.1) is 0 Å². The summed E-state index contributed by atoms with van der Waals surface area (Å²) in [6.07, 6.45) is 24.2. The third-order valence-corrected chi connectivity index (χ3v) is 10.8. The van der Waals surface area contributed by atoms with E-state index in [1.165, 1.54) is 51.4 Å². The molecule has 9 rings (SSSR count). The van der Waals surface area contributed by atoms with Crippen LogP contribution >= 0.6 is 0 Å². The zero-order valence-electron chi connectivity index (χ0n) is 18.0. The Morgan fingerprint density at radius 2 is 1.36 bits per heavy atom. The summed E-state index contributed by atoms with van der Waals surface area (Å²) < 4.78 is 5.50. The Morgan fingerprint density at radius 3 is 1.93 bits per heavy atom. The van der Waals surface area contributed by atoms with Gasteiger partial charge in [-0.2, -0.15) is 0 Å². The largest absolute Gasteiger partial charge is 0.244 e. The average Bonchev–Trinajstić information content (AvgIpc) is 3.11. The fourth-order valence-electron chi connectivity index (χ4n) is 10.7. The van der Waals surface area contributed by atoms with Crippen molar-refractivity contribution in [3.05, 3.63) is 18.7 Å². The van der Waals surface area contributed by atoms with Crippen LogP contribution in [0.15, 0.2) is 18.7 Å². The lowest BCUT2D eigenvalue weighted by Crippen LogP contribution is -2.66. The molecule has 2 unspecified atom stereocenters. The zero-order valence-corrected chi connectivity index (χ0v) is 18.0. The van der Waals surface area contributed by atoms with Gasteiger partial charge in [-0.05, 0) is 118 Å². The highest BCUT2D eigenvalue weighted by Crippen LogP contribution is 2.62. The van der Waals surface area contributed by atoms with Crippen LogP contribution in [-0.4, -0.2) is 4.57 Å². The standard InChI is InChI=1S/C26H39N2/c1-17(2)24-22-8-21-9-23(24)15-26(13-21,14-22)28-4-3-27(16-28)25-10-18-5-19(11-25)7-20(6-18)12-25/h3-4,16-24H,5-15H2,1-2H3/q+1. The van der Waals surface area contributed by atoms with Crippen LogP contribution in [0.2, 0.25) is 0 Å². The second-order valence-electron chi connectivity index (χ2n) is 12.9.